The number of esters is 1. The molecule has 0 aliphatic heterocycles. The van der Waals surface area contributed by atoms with Gasteiger partial charge < -0.3 is 18.3 Å². The van der Waals surface area contributed by atoms with Crippen LogP contribution < -0.4 is 10.2 Å². The smallest absolute Gasteiger partial charge is 0.344 e. The predicted molar refractivity (Wildman–Crippen MR) is 106 cm³/mol. The van der Waals surface area contributed by atoms with Crippen molar-refractivity contribution in [2.45, 2.75) is 38.2 Å². The van der Waals surface area contributed by atoms with Crippen LogP contribution in [0.1, 0.15) is 32.1 Å². The number of halogens is 1. The Bertz CT molecular complexity index is 1040. The van der Waals surface area contributed by atoms with Crippen LogP contribution in [0.4, 0.5) is 0 Å². The molecule has 0 saturated heterocycles. The van der Waals surface area contributed by atoms with Gasteiger partial charge in [0.25, 0.3) is 0 Å². The van der Waals surface area contributed by atoms with Gasteiger partial charge in [0.15, 0.2) is 17.0 Å². The summed E-state index contributed by atoms with van der Waals surface area (Å²) in [7, 11) is 0. The van der Waals surface area contributed by atoms with Gasteiger partial charge in [-0.05, 0) is 65.9 Å². The average molecular weight is 447 g/mol. The van der Waals surface area contributed by atoms with Crippen molar-refractivity contribution in [3.8, 4) is 17.3 Å². The molecule has 4 rings (SSSR count). The molecule has 0 amide bonds. The zero-order valence-electron chi connectivity index (χ0n) is 15.1. The first kappa shape index (κ1) is 18.8. The second-order valence-electron chi connectivity index (χ2n) is 6.73. The van der Waals surface area contributed by atoms with Gasteiger partial charge in [0.05, 0.1) is 5.39 Å². The molecule has 2 aromatic heterocycles. The van der Waals surface area contributed by atoms with Crippen molar-refractivity contribution in [2.24, 2.45) is 0 Å². The monoisotopic (exact) mass is 446 g/mol. The van der Waals surface area contributed by atoms with Gasteiger partial charge >= 0.3 is 5.97 Å². The van der Waals surface area contributed by atoms with E-state index in [0.717, 1.165) is 25.7 Å². The van der Waals surface area contributed by atoms with Crippen molar-refractivity contribution in [2.75, 3.05) is 6.61 Å². The summed E-state index contributed by atoms with van der Waals surface area (Å²) in [5.74, 6) is -0.0996. The van der Waals surface area contributed by atoms with Gasteiger partial charge in [-0.2, -0.15) is 0 Å². The molecule has 0 spiro atoms. The predicted octanol–water partition coefficient (Wildman–Crippen LogP) is 5.07. The van der Waals surface area contributed by atoms with Crippen LogP contribution in [0.3, 0.4) is 0 Å². The van der Waals surface area contributed by atoms with Crippen molar-refractivity contribution in [1.29, 1.82) is 0 Å². The van der Waals surface area contributed by atoms with Crippen LogP contribution in [0.5, 0.6) is 5.75 Å². The molecule has 7 heteroatoms. The lowest BCUT2D eigenvalue weighted by atomic mass is 9.98. The standard InChI is InChI=1S/C21H19BrO6/c22-17-11-10-16(27-17)20-21(19(24)14-8-4-5-9-15(14)28-20)25-12-18(23)26-13-6-2-1-3-7-13/h4-5,8-11,13H,1-3,6-7,12H2. The highest BCUT2D eigenvalue weighted by atomic mass is 79.9. The van der Waals surface area contributed by atoms with E-state index in [1.807, 2.05) is 0 Å². The second-order valence-corrected chi connectivity index (χ2v) is 7.51. The number of carbonyl (C=O) groups is 1. The highest BCUT2D eigenvalue weighted by Crippen LogP contribution is 2.33. The fourth-order valence-corrected chi connectivity index (χ4v) is 3.70. The molecule has 0 radical (unpaired) electrons. The van der Waals surface area contributed by atoms with Crippen molar-refractivity contribution in [1.82, 2.24) is 0 Å². The normalized spacial score (nSPS) is 14.9. The molecule has 1 aliphatic rings. The fraction of sp³-hybridized carbons (Fsp3) is 0.333. The number of hydrogen-bond acceptors (Lipinski definition) is 6. The van der Waals surface area contributed by atoms with E-state index in [1.165, 1.54) is 6.42 Å². The second kappa shape index (κ2) is 8.22. The molecule has 0 unspecified atom stereocenters. The molecular weight excluding hydrogens is 428 g/mol. The number of hydrogen-bond donors (Lipinski definition) is 0. The third kappa shape index (κ3) is 3.99. The molecule has 6 nitrogen and oxygen atoms in total. The van der Waals surface area contributed by atoms with Gasteiger partial charge in [0, 0.05) is 0 Å². The lowest BCUT2D eigenvalue weighted by Crippen LogP contribution is -2.25. The van der Waals surface area contributed by atoms with E-state index in [4.69, 9.17) is 18.3 Å². The quantitative estimate of drug-likeness (QED) is 0.509. The zero-order chi connectivity index (χ0) is 19.5. The third-order valence-corrected chi connectivity index (χ3v) is 5.16. The first-order valence-corrected chi connectivity index (χ1v) is 10.0. The summed E-state index contributed by atoms with van der Waals surface area (Å²) < 4.78 is 22.9. The van der Waals surface area contributed by atoms with E-state index in [-0.39, 0.29) is 29.6 Å². The number of carbonyl (C=O) groups excluding carboxylic acids is 1. The summed E-state index contributed by atoms with van der Waals surface area (Å²) in [5.41, 5.74) is 0.0435. The summed E-state index contributed by atoms with van der Waals surface area (Å²) in [6.45, 7) is -0.367. The van der Waals surface area contributed by atoms with Crippen LogP contribution in [0.2, 0.25) is 0 Å². The molecule has 1 saturated carbocycles. The van der Waals surface area contributed by atoms with E-state index in [1.54, 1.807) is 36.4 Å². The Morgan fingerprint density at radius 2 is 1.86 bits per heavy atom. The summed E-state index contributed by atoms with van der Waals surface area (Å²) in [5, 5.41) is 0.368. The van der Waals surface area contributed by atoms with Crippen molar-refractivity contribution in [3.05, 3.63) is 51.3 Å². The summed E-state index contributed by atoms with van der Waals surface area (Å²) in [6, 6.07) is 10.2. The van der Waals surface area contributed by atoms with Crippen LogP contribution in [0.25, 0.3) is 22.5 Å². The maximum absolute atomic E-state index is 12.9. The first-order valence-electron chi connectivity index (χ1n) is 9.25. The minimum Gasteiger partial charge on any atom is -0.474 e. The lowest BCUT2D eigenvalue weighted by molar-refractivity contribution is -0.152. The molecule has 1 fully saturated rings. The molecule has 0 bridgehead atoms. The third-order valence-electron chi connectivity index (χ3n) is 4.74. The van der Waals surface area contributed by atoms with Gasteiger partial charge in [0.1, 0.15) is 11.7 Å². The van der Waals surface area contributed by atoms with Crippen molar-refractivity contribution < 1.29 is 23.1 Å². The van der Waals surface area contributed by atoms with E-state index in [0.29, 0.717) is 21.4 Å². The van der Waals surface area contributed by atoms with Crippen LogP contribution >= 0.6 is 15.9 Å². The number of para-hydroxylation sites is 1. The Hall–Kier alpha value is -2.54. The van der Waals surface area contributed by atoms with E-state index in [9.17, 15) is 9.59 Å². The number of benzene rings is 1. The highest BCUT2D eigenvalue weighted by molar-refractivity contribution is 9.10. The first-order chi connectivity index (χ1) is 13.6. The van der Waals surface area contributed by atoms with Gasteiger partial charge in [-0.15, -0.1) is 0 Å². The number of fused-ring (bicyclic) bond motifs is 1. The highest BCUT2D eigenvalue weighted by Gasteiger charge is 2.23. The summed E-state index contributed by atoms with van der Waals surface area (Å²) in [4.78, 5) is 25.1. The van der Waals surface area contributed by atoms with Crippen LogP contribution in [-0.2, 0) is 9.53 Å². The van der Waals surface area contributed by atoms with Crippen molar-refractivity contribution >= 4 is 32.9 Å². The lowest BCUT2D eigenvalue weighted by Gasteiger charge is -2.21. The fourth-order valence-electron chi connectivity index (χ4n) is 3.39. The average Bonchev–Trinajstić information content (AvgIpc) is 3.14. The Morgan fingerprint density at radius 1 is 1.07 bits per heavy atom. The van der Waals surface area contributed by atoms with Crippen molar-refractivity contribution in [3.63, 3.8) is 0 Å². The molecule has 0 N–H and O–H groups in total. The maximum Gasteiger partial charge on any atom is 0.344 e. The minimum absolute atomic E-state index is 0.0684. The Balaban J connectivity index is 1.62. The minimum atomic E-state index is -0.494. The maximum atomic E-state index is 12.9. The Kier molecular flexibility index (Phi) is 5.52. The largest absolute Gasteiger partial charge is 0.474 e. The number of rotatable bonds is 5. The molecule has 146 valence electrons. The molecule has 1 aromatic carbocycles. The van der Waals surface area contributed by atoms with Crippen LogP contribution in [0.15, 0.2) is 54.7 Å². The molecule has 2 heterocycles. The molecular formula is C21H19BrO6. The number of furan rings is 1. The Labute approximate surface area is 169 Å². The molecule has 3 aromatic rings. The summed E-state index contributed by atoms with van der Waals surface area (Å²) >= 11 is 3.24. The van der Waals surface area contributed by atoms with E-state index < -0.39 is 5.97 Å². The van der Waals surface area contributed by atoms with Gasteiger partial charge in [0.2, 0.25) is 16.9 Å². The van der Waals surface area contributed by atoms with Crippen LogP contribution in [-0.4, -0.2) is 18.7 Å². The topological polar surface area (TPSA) is 78.9 Å². The van der Waals surface area contributed by atoms with E-state index in [2.05, 4.69) is 15.9 Å². The SMILES string of the molecule is O=C(COc1c(-c2ccc(Br)o2)oc2ccccc2c1=O)OC1CCCCC1. The molecule has 28 heavy (non-hydrogen) atoms. The Morgan fingerprint density at radius 3 is 2.61 bits per heavy atom. The van der Waals surface area contributed by atoms with Gasteiger partial charge in [-0.25, -0.2) is 4.79 Å². The van der Waals surface area contributed by atoms with Gasteiger partial charge in [-0.1, -0.05) is 18.6 Å². The number of ether oxygens (including phenoxy) is 2. The zero-order valence-corrected chi connectivity index (χ0v) is 16.7. The van der Waals surface area contributed by atoms with E-state index >= 15 is 0 Å². The van der Waals surface area contributed by atoms with Gasteiger partial charge in [-0.3, -0.25) is 4.79 Å². The molecule has 1 aliphatic carbocycles. The van der Waals surface area contributed by atoms with Crippen LogP contribution in [0, 0.1) is 0 Å². The molecule has 0 atom stereocenters. The summed E-state index contributed by atoms with van der Waals surface area (Å²) in [6.07, 6.45) is 4.96.